The minimum absolute atomic E-state index is 0.114. The molecule has 0 unspecified atom stereocenters. The first-order valence-corrected chi connectivity index (χ1v) is 8.13. The number of rotatable bonds is 5. The van der Waals surface area contributed by atoms with Gasteiger partial charge >= 0.3 is 0 Å². The van der Waals surface area contributed by atoms with Crippen molar-refractivity contribution >= 4 is 29.2 Å². The van der Waals surface area contributed by atoms with Crippen molar-refractivity contribution in [1.29, 1.82) is 10.5 Å². The normalized spacial score (nSPS) is 14.4. The third-order valence-electron chi connectivity index (χ3n) is 3.69. The van der Waals surface area contributed by atoms with Gasteiger partial charge in [-0.3, -0.25) is 0 Å². The van der Waals surface area contributed by atoms with Gasteiger partial charge in [-0.1, -0.05) is 0 Å². The van der Waals surface area contributed by atoms with Crippen molar-refractivity contribution in [3.05, 3.63) is 77.0 Å². The Hall–Kier alpha value is -4.16. The smallest absolute Gasteiger partial charge is 0.229 e. The maximum atomic E-state index is 8.91. The van der Waals surface area contributed by atoms with Crippen LogP contribution in [-0.4, -0.2) is 9.97 Å². The molecule has 3 aromatic rings. The zero-order chi connectivity index (χ0) is 24.9. The Kier molecular flexibility index (Phi) is 3.72. The van der Waals surface area contributed by atoms with Crippen LogP contribution in [0.25, 0.3) is 6.08 Å². The second-order valence-electron chi connectivity index (χ2n) is 5.66. The molecule has 3 rings (SSSR count). The number of allylic oxidation sites excluding steroid dienone is 1. The summed E-state index contributed by atoms with van der Waals surface area (Å²) in [7, 11) is 0. The average Bonchev–Trinajstić information content (AvgIpc) is 2.77. The fourth-order valence-corrected chi connectivity index (χ4v) is 2.40. The summed E-state index contributed by atoms with van der Waals surface area (Å²) in [5.74, 6) is 0.344. The maximum absolute atomic E-state index is 8.91. The van der Waals surface area contributed by atoms with E-state index in [2.05, 4.69) is 20.6 Å². The van der Waals surface area contributed by atoms with Crippen molar-refractivity contribution in [2.24, 2.45) is 0 Å². The van der Waals surface area contributed by atoms with E-state index >= 15 is 0 Å². The summed E-state index contributed by atoms with van der Waals surface area (Å²) < 4.78 is 47.6. The standard InChI is InChI=1S/C22H18N6/c1-15-12-18(4-3-10-23)13-16(2)21(15)27-20-9-11-25-22(28-20)26-19-7-5-17(14-24)6-8-19/h3-9,11-13H,1-2H3,(H2,25,26,27,28)/b4-3+/i1D3,2D3. The lowest BCUT2D eigenvalue weighted by Gasteiger charge is -2.14. The molecule has 136 valence electrons. The molecular weight excluding hydrogens is 348 g/mol. The number of anilines is 4. The number of nitriles is 2. The SMILES string of the molecule is [2H]C([2H])([2H])c1cc(/C=C/C#N)cc(C([2H])([2H])[2H])c1Nc1ccnc(Nc2ccc(C#N)cc2)n1. The third-order valence-corrected chi connectivity index (χ3v) is 3.69. The first kappa shape index (κ1) is 12.3. The van der Waals surface area contributed by atoms with E-state index in [9.17, 15) is 0 Å². The summed E-state index contributed by atoms with van der Waals surface area (Å²) in [5.41, 5.74) is 0.825. The van der Waals surface area contributed by atoms with Crippen molar-refractivity contribution in [2.75, 3.05) is 10.6 Å². The Bertz CT molecular complexity index is 1260. The summed E-state index contributed by atoms with van der Waals surface area (Å²) in [6.07, 6.45) is 3.91. The van der Waals surface area contributed by atoms with Crippen LogP contribution in [0.15, 0.2) is 54.7 Å². The Morgan fingerprint density at radius 1 is 1.04 bits per heavy atom. The molecule has 0 radical (unpaired) electrons. The summed E-state index contributed by atoms with van der Waals surface area (Å²) in [6.45, 7) is -5.29. The molecule has 1 heterocycles. The maximum Gasteiger partial charge on any atom is 0.229 e. The molecule has 0 spiro atoms. The minimum atomic E-state index is -2.64. The first-order chi connectivity index (χ1) is 16.0. The van der Waals surface area contributed by atoms with E-state index in [4.69, 9.17) is 18.7 Å². The van der Waals surface area contributed by atoms with Gasteiger partial charge in [-0.15, -0.1) is 0 Å². The molecule has 0 aliphatic rings. The van der Waals surface area contributed by atoms with Gasteiger partial charge in [0.25, 0.3) is 0 Å². The van der Waals surface area contributed by atoms with E-state index in [0.29, 0.717) is 11.3 Å². The van der Waals surface area contributed by atoms with Crippen LogP contribution in [0.4, 0.5) is 23.1 Å². The Morgan fingerprint density at radius 3 is 2.43 bits per heavy atom. The molecule has 0 saturated heterocycles. The van der Waals surface area contributed by atoms with Crippen LogP contribution in [0.5, 0.6) is 0 Å². The Balaban J connectivity index is 2.04. The predicted molar refractivity (Wildman–Crippen MR) is 110 cm³/mol. The highest BCUT2D eigenvalue weighted by Gasteiger charge is 2.07. The zero-order valence-electron chi connectivity index (χ0n) is 20.6. The summed E-state index contributed by atoms with van der Waals surface area (Å²) >= 11 is 0. The van der Waals surface area contributed by atoms with E-state index < -0.39 is 13.7 Å². The molecule has 0 saturated carbocycles. The van der Waals surface area contributed by atoms with E-state index in [1.54, 1.807) is 30.3 Å². The van der Waals surface area contributed by atoms with Crippen molar-refractivity contribution in [3.8, 4) is 12.1 Å². The van der Waals surface area contributed by atoms with Crippen molar-refractivity contribution in [3.63, 3.8) is 0 Å². The molecule has 0 amide bonds. The van der Waals surface area contributed by atoms with Crippen LogP contribution in [-0.2, 0) is 0 Å². The van der Waals surface area contributed by atoms with Gasteiger partial charge in [0.2, 0.25) is 5.95 Å². The van der Waals surface area contributed by atoms with Gasteiger partial charge in [0.15, 0.2) is 0 Å². The fraction of sp³-hybridized carbons (Fsp3) is 0.0909. The van der Waals surface area contributed by atoms with Crippen LogP contribution in [0.2, 0.25) is 0 Å². The van der Waals surface area contributed by atoms with Gasteiger partial charge in [-0.2, -0.15) is 15.5 Å². The van der Waals surface area contributed by atoms with Gasteiger partial charge in [0.05, 0.1) is 17.7 Å². The number of hydrogen-bond donors (Lipinski definition) is 2. The van der Waals surface area contributed by atoms with E-state index in [-0.39, 0.29) is 34.1 Å². The van der Waals surface area contributed by atoms with Crippen molar-refractivity contribution < 1.29 is 8.22 Å². The first-order valence-electron chi connectivity index (χ1n) is 11.1. The number of benzene rings is 2. The quantitative estimate of drug-likeness (QED) is 0.612. The lowest BCUT2D eigenvalue weighted by atomic mass is 10.0. The second-order valence-corrected chi connectivity index (χ2v) is 5.66. The molecule has 6 heteroatoms. The summed E-state index contributed by atoms with van der Waals surface area (Å²) in [5, 5.41) is 23.5. The molecule has 2 N–H and O–H groups in total. The number of aromatic nitrogens is 2. The molecule has 2 aromatic carbocycles. The zero-order valence-corrected chi connectivity index (χ0v) is 14.6. The Morgan fingerprint density at radius 2 is 1.79 bits per heavy atom. The van der Waals surface area contributed by atoms with E-state index in [0.717, 1.165) is 6.08 Å². The third kappa shape index (κ3) is 4.51. The van der Waals surface area contributed by atoms with Crippen LogP contribution < -0.4 is 10.6 Å². The fourth-order valence-electron chi connectivity index (χ4n) is 2.40. The van der Waals surface area contributed by atoms with Crippen LogP contribution >= 0.6 is 0 Å². The topological polar surface area (TPSA) is 97.4 Å². The van der Waals surface area contributed by atoms with Gasteiger partial charge < -0.3 is 10.6 Å². The minimum Gasteiger partial charge on any atom is -0.340 e. The number of nitrogens with zero attached hydrogens (tertiary/aromatic N) is 4. The van der Waals surface area contributed by atoms with Crippen molar-refractivity contribution in [2.45, 2.75) is 13.7 Å². The van der Waals surface area contributed by atoms with E-state index in [1.165, 1.54) is 30.5 Å². The molecule has 0 aliphatic carbocycles. The highest BCUT2D eigenvalue weighted by Crippen LogP contribution is 2.26. The lowest BCUT2D eigenvalue weighted by Crippen LogP contribution is -2.02. The molecule has 0 bridgehead atoms. The lowest BCUT2D eigenvalue weighted by molar-refractivity contribution is 1.16. The highest BCUT2D eigenvalue weighted by atomic mass is 15.1. The Labute approximate surface area is 172 Å². The summed E-state index contributed by atoms with van der Waals surface area (Å²) in [6, 6.07) is 14.5. The number of hydrogen-bond acceptors (Lipinski definition) is 6. The number of aryl methyl sites for hydroxylation is 2. The summed E-state index contributed by atoms with van der Waals surface area (Å²) in [4.78, 5) is 8.42. The molecule has 0 aliphatic heterocycles. The van der Waals surface area contributed by atoms with Crippen LogP contribution in [0, 0.1) is 36.4 Å². The molecule has 6 nitrogen and oxygen atoms in total. The van der Waals surface area contributed by atoms with Gasteiger partial charge in [0.1, 0.15) is 5.82 Å². The molecule has 28 heavy (non-hydrogen) atoms. The van der Waals surface area contributed by atoms with E-state index in [1.807, 2.05) is 6.07 Å². The average molecular weight is 372 g/mol. The molecule has 1 aromatic heterocycles. The second kappa shape index (κ2) is 8.48. The largest absolute Gasteiger partial charge is 0.340 e. The predicted octanol–water partition coefficient (Wildman–Crippen LogP) is 4.99. The molecule has 0 atom stereocenters. The number of nitrogens with one attached hydrogen (secondary N) is 2. The molecule has 0 fully saturated rings. The van der Waals surface area contributed by atoms with Gasteiger partial charge in [-0.25, -0.2) is 4.98 Å². The monoisotopic (exact) mass is 372 g/mol. The highest BCUT2D eigenvalue weighted by molar-refractivity contribution is 5.69. The van der Waals surface area contributed by atoms with Gasteiger partial charge in [-0.05, 0) is 78.9 Å². The van der Waals surface area contributed by atoms with Crippen LogP contribution in [0.3, 0.4) is 0 Å². The van der Waals surface area contributed by atoms with Crippen LogP contribution in [0.1, 0.15) is 30.5 Å². The van der Waals surface area contributed by atoms with Crippen molar-refractivity contribution in [1.82, 2.24) is 9.97 Å². The molecular formula is C22H18N6. The van der Waals surface area contributed by atoms with Gasteiger partial charge in [0, 0.05) is 31.9 Å².